The van der Waals surface area contributed by atoms with Crippen molar-refractivity contribution in [1.82, 2.24) is 25.3 Å². The largest absolute Gasteiger partial charge is 0.480 e. The summed E-state index contributed by atoms with van der Waals surface area (Å²) in [4.78, 5) is 26.3. The molecule has 0 saturated heterocycles. The van der Waals surface area contributed by atoms with Crippen LogP contribution in [0.3, 0.4) is 0 Å². The molecule has 0 amide bonds. The Balaban J connectivity index is 1.92. The van der Waals surface area contributed by atoms with Crippen LogP contribution in [0.15, 0.2) is 30.1 Å². The fourth-order valence-corrected chi connectivity index (χ4v) is 1.96. The summed E-state index contributed by atoms with van der Waals surface area (Å²) in [5, 5.41) is 12.9. The lowest BCUT2D eigenvalue weighted by Crippen LogP contribution is -2.38. The lowest BCUT2D eigenvalue weighted by Gasteiger charge is -2.13. The SMILES string of the molecule is CSc1ncc(CNC(Cc2cnc[nH]2)C(=O)O)cn1. The van der Waals surface area contributed by atoms with Gasteiger partial charge < -0.3 is 10.1 Å². The van der Waals surface area contributed by atoms with Crippen molar-refractivity contribution in [2.45, 2.75) is 24.2 Å². The highest BCUT2D eigenvalue weighted by Gasteiger charge is 2.18. The van der Waals surface area contributed by atoms with Gasteiger partial charge >= 0.3 is 5.97 Å². The maximum atomic E-state index is 11.2. The third-order valence-corrected chi connectivity index (χ3v) is 3.27. The molecule has 2 rings (SSSR count). The van der Waals surface area contributed by atoms with Gasteiger partial charge in [0.05, 0.1) is 6.33 Å². The standard InChI is InChI=1S/C12H15N5O2S/c1-20-12-15-4-8(5-16-12)3-14-10(11(18)19)2-9-6-13-7-17-9/h4-7,10,14H,2-3H2,1H3,(H,13,17)(H,18,19). The zero-order valence-corrected chi connectivity index (χ0v) is 11.7. The minimum Gasteiger partial charge on any atom is -0.480 e. The number of rotatable bonds is 7. The molecule has 106 valence electrons. The molecule has 0 fully saturated rings. The maximum Gasteiger partial charge on any atom is 0.321 e. The second-order valence-corrected chi connectivity index (χ2v) is 4.90. The fraction of sp³-hybridized carbons (Fsp3) is 0.333. The Hall–Kier alpha value is -1.93. The number of aromatic nitrogens is 4. The van der Waals surface area contributed by atoms with Crippen LogP contribution in [0.2, 0.25) is 0 Å². The molecule has 2 aromatic rings. The van der Waals surface area contributed by atoms with Gasteiger partial charge in [0.25, 0.3) is 0 Å². The molecule has 0 aliphatic carbocycles. The molecular weight excluding hydrogens is 278 g/mol. The van der Waals surface area contributed by atoms with Crippen molar-refractivity contribution in [2.24, 2.45) is 0 Å². The van der Waals surface area contributed by atoms with E-state index in [4.69, 9.17) is 0 Å². The first kappa shape index (κ1) is 14.5. The normalized spacial score (nSPS) is 12.2. The first-order valence-electron chi connectivity index (χ1n) is 5.97. The van der Waals surface area contributed by atoms with Crippen LogP contribution in [0.25, 0.3) is 0 Å². The van der Waals surface area contributed by atoms with Crippen molar-refractivity contribution in [3.63, 3.8) is 0 Å². The zero-order valence-electron chi connectivity index (χ0n) is 10.9. The van der Waals surface area contributed by atoms with Crippen LogP contribution < -0.4 is 5.32 Å². The van der Waals surface area contributed by atoms with Crippen molar-refractivity contribution in [1.29, 1.82) is 0 Å². The Morgan fingerprint density at radius 2 is 2.20 bits per heavy atom. The third kappa shape index (κ3) is 4.04. The van der Waals surface area contributed by atoms with Gasteiger partial charge in [-0.3, -0.25) is 10.1 Å². The molecule has 1 atom stereocenters. The number of carboxylic acids is 1. The summed E-state index contributed by atoms with van der Waals surface area (Å²) in [6.07, 6.45) is 8.79. The number of aliphatic carboxylic acids is 1. The molecule has 0 aliphatic heterocycles. The minimum atomic E-state index is -0.902. The first-order valence-corrected chi connectivity index (χ1v) is 7.20. The molecule has 0 bridgehead atoms. The number of hydrogen-bond acceptors (Lipinski definition) is 6. The maximum absolute atomic E-state index is 11.2. The summed E-state index contributed by atoms with van der Waals surface area (Å²) >= 11 is 1.46. The van der Waals surface area contributed by atoms with Gasteiger partial charge in [0.2, 0.25) is 0 Å². The molecular formula is C12H15N5O2S. The summed E-state index contributed by atoms with van der Waals surface area (Å²) in [7, 11) is 0. The van der Waals surface area contributed by atoms with E-state index >= 15 is 0 Å². The number of carbonyl (C=O) groups is 1. The molecule has 7 nitrogen and oxygen atoms in total. The van der Waals surface area contributed by atoms with Crippen LogP contribution in [-0.4, -0.2) is 43.3 Å². The van der Waals surface area contributed by atoms with Crippen molar-refractivity contribution in [2.75, 3.05) is 6.26 Å². The summed E-state index contributed by atoms with van der Waals surface area (Å²) < 4.78 is 0. The smallest absolute Gasteiger partial charge is 0.321 e. The van der Waals surface area contributed by atoms with E-state index in [1.165, 1.54) is 18.1 Å². The number of thioether (sulfide) groups is 1. The van der Waals surface area contributed by atoms with Crippen molar-refractivity contribution in [3.8, 4) is 0 Å². The van der Waals surface area contributed by atoms with Crippen LogP contribution >= 0.6 is 11.8 Å². The molecule has 2 aromatic heterocycles. The second-order valence-electron chi connectivity index (χ2n) is 4.13. The number of aromatic amines is 1. The Bertz CT molecular complexity index is 543. The van der Waals surface area contributed by atoms with Gasteiger partial charge in [-0.15, -0.1) is 0 Å². The van der Waals surface area contributed by atoms with Gasteiger partial charge in [0.1, 0.15) is 6.04 Å². The molecule has 2 heterocycles. The molecule has 20 heavy (non-hydrogen) atoms. The number of hydrogen-bond donors (Lipinski definition) is 3. The lowest BCUT2D eigenvalue weighted by molar-refractivity contribution is -0.139. The molecule has 0 saturated carbocycles. The molecule has 3 N–H and O–H groups in total. The quantitative estimate of drug-likeness (QED) is 0.510. The topological polar surface area (TPSA) is 104 Å². The predicted octanol–water partition coefficient (Wildman–Crippen LogP) is 0.707. The molecule has 8 heteroatoms. The van der Waals surface area contributed by atoms with Gasteiger partial charge in [-0.05, 0) is 6.26 Å². The monoisotopic (exact) mass is 293 g/mol. The molecule has 0 aromatic carbocycles. The summed E-state index contributed by atoms with van der Waals surface area (Å²) in [6, 6.07) is -0.685. The van der Waals surface area contributed by atoms with Gasteiger partial charge in [0, 0.05) is 42.8 Å². The Morgan fingerprint density at radius 1 is 1.45 bits per heavy atom. The highest BCUT2D eigenvalue weighted by atomic mass is 32.2. The third-order valence-electron chi connectivity index (χ3n) is 2.69. The molecule has 0 aliphatic rings. The Kier molecular flexibility index (Phi) is 5.08. The van der Waals surface area contributed by atoms with Crippen LogP contribution in [0.1, 0.15) is 11.3 Å². The highest BCUT2D eigenvalue weighted by Crippen LogP contribution is 2.07. The van der Waals surface area contributed by atoms with E-state index in [-0.39, 0.29) is 0 Å². The van der Waals surface area contributed by atoms with E-state index in [0.717, 1.165) is 11.3 Å². The molecule has 1 unspecified atom stereocenters. The first-order chi connectivity index (χ1) is 9.69. The van der Waals surface area contributed by atoms with Crippen molar-refractivity contribution < 1.29 is 9.90 Å². The van der Waals surface area contributed by atoms with E-state index in [0.29, 0.717) is 18.1 Å². The molecule has 0 radical (unpaired) electrons. The minimum absolute atomic E-state index is 0.346. The number of nitrogens with zero attached hydrogens (tertiary/aromatic N) is 3. The van der Waals surface area contributed by atoms with Gasteiger partial charge in [-0.25, -0.2) is 15.0 Å². The van der Waals surface area contributed by atoms with Crippen LogP contribution in [0, 0.1) is 0 Å². The van der Waals surface area contributed by atoms with Crippen LogP contribution in [-0.2, 0) is 17.8 Å². The summed E-state index contributed by atoms with van der Waals surface area (Å²) in [5.74, 6) is -0.902. The Morgan fingerprint density at radius 3 is 2.75 bits per heavy atom. The summed E-state index contributed by atoms with van der Waals surface area (Å²) in [6.45, 7) is 0.403. The van der Waals surface area contributed by atoms with Gasteiger partial charge in [-0.1, -0.05) is 11.8 Å². The van der Waals surface area contributed by atoms with Crippen molar-refractivity contribution in [3.05, 3.63) is 36.2 Å². The van der Waals surface area contributed by atoms with E-state index in [1.54, 1.807) is 18.6 Å². The fourth-order valence-electron chi connectivity index (χ4n) is 1.64. The van der Waals surface area contributed by atoms with E-state index in [2.05, 4.69) is 25.3 Å². The predicted molar refractivity (Wildman–Crippen MR) is 74.4 cm³/mol. The summed E-state index contributed by atoms with van der Waals surface area (Å²) in [5.41, 5.74) is 1.62. The lowest BCUT2D eigenvalue weighted by atomic mass is 10.1. The van der Waals surface area contributed by atoms with E-state index in [1.807, 2.05) is 6.26 Å². The number of imidazole rings is 1. The number of nitrogens with one attached hydrogen (secondary N) is 2. The number of H-pyrrole nitrogens is 1. The average Bonchev–Trinajstić information content (AvgIpc) is 2.96. The van der Waals surface area contributed by atoms with Gasteiger partial charge in [0.15, 0.2) is 5.16 Å². The second kappa shape index (κ2) is 7.01. The van der Waals surface area contributed by atoms with E-state index in [9.17, 15) is 9.90 Å². The number of carboxylic acid groups (broad SMARTS) is 1. The average molecular weight is 293 g/mol. The van der Waals surface area contributed by atoms with Crippen LogP contribution in [0.4, 0.5) is 0 Å². The molecule has 0 spiro atoms. The van der Waals surface area contributed by atoms with Crippen molar-refractivity contribution >= 4 is 17.7 Å². The van der Waals surface area contributed by atoms with Gasteiger partial charge in [-0.2, -0.15) is 0 Å². The zero-order chi connectivity index (χ0) is 14.4. The van der Waals surface area contributed by atoms with E-state index < -0.39 is 12.0 Å². The Labute approximate surface area is 120 Å². The van der Waals surface area contributed by atoms with Crippen LogP contribution in [0.5, 0.6) is 0 Å². The highest BCUT2D eigenvalue weighted by molar-refractivity contribution is 7.98.